The summed E-state index contributed by atoms with van der Waals surface area (Å²) in [7, 11) is 0. The molecule has 1 fully saturated rings. The van der Waals surface area contributed by atoms with Crippen molar-refractivity contribution in [3.8, 4) is 0 Å². The monoisotopic (exact) mass is 319 g/mol. The van der Waals surface area contributed by atoms with E-state index >= 15 is 0 Å². The molecule has 0 saturated carbocycles. The summed E-state index contributed by atoms with van der Waals surface area (Å²) in [6, 6.07) is 3.66. The zero-order valence-corrected chi connectivity index (χ0v) is 13.6. The summed E-state index contributed by atoms with van der Waals surface area (Å²) in [4.78, 5) is 16.8. The van der Waals surface area contributed by atoms with Gasteiger partial charge in [-0.3, -0.25) is 0 Å². The quantitative estimate of drug-likeness (QED) is 0.839. The van der Waals surface area contributed by atoms with Crippen molar-refractivity contribution in [2.45, 2.75) is 26.4 Å². The number of carbonyl (C=O) groups is 1. The van der Waals surface area contributed by atoms with Gasteiger partial charge in [0, 0.05) is 13.1 Å². The first-order valence-corrected chi connectivity index (χ1v) is 7.59. The van der Waals surface area contributed by atoms with Gasteiger partial charge in [0.15, 0.2) is 5.65 Å². The Morgan fingerprint density at radius 1 is 1.30 bits per heavy atom. The average Bonchev–Trinajstić information content (AvgIpc) is 2.94. The smallest absolute Gasteiger partial charge is 0.429 e. The maximum absolute atomic E-state index is 12.7. The molecule has 1 amide bonds. The Labute approximate surface area is 134 Å². The third-order valence-electron chi connectivity index (χ3n) is 3.34. The van der Waals surface area contributed by atoms with Gasteiger partial charge in [-0.05, 0) is 32.9 Å². The highest BCUT2D eigenvalue weighted by molar-refractivity contribution is 5.86. The summed E-state index contributed by atoms with van der Waals surface area (Å²) in [6.07, 6.45) is 2.83. The number of rotatable bonds is 2. The third kappa shape index (κ3) is 3.59. The van der Waals surface area contributed by atoms with Crippen LogP contribution < -0.4 is 5.01 Å². The van der Waals surface area contributed by atoms with Gasteiger partial charge in [-0.15, -0.1) is 0 Å². The van der Waals surface area contributed by atoms with Gasteiger partial charge in [-0.25, -0.2) is 24.3 Å². The van der Waals surface area contributed by atoms with Crippen molar-refractivity contribution in [2.75, 3.05) is 31.3 Å². The second kappa shape index (κ2) is 6.13. The lowest BCUT2D eigenvalue weighted by molar-refractivity contribution is 0.0134. The normalized spacial score (nSPS) is 16.5. The number of carbonyl (C=O) groups excluding carboxylic acids is 1. The number of pyridine rings is 1. The largest absolute Gasteiger partial charge is 0.442 e. The van der Waals surface area contributed by atoms with Gasteiger partial charge in [-0.1, -0.05) is 0 Å². The van der Waals surface area contributed by atoms with E-state index in [0.29, 0.717) is 32.0 Å². The molecule has 0 unspecified atom stereocenters. The van der Waals surface area contributed by atoms with Crippen LogP contribution >= 0.6 is 0 Å². The molecule has 1 aliphatic rings. The Balaban J connectivity index is 1.94. The number of hydrazine groups is 1. The molecule has 0 bridgehead atoms. The van der Waals surface area contributed by atoms with E-state index in [-0.39, 0.29) is 0 Å². The Kier molecular flexibility index (Phi) is 4.18. The molecule has 124 valence electrons. The summed E-state index contributed by atoms with van der Waals surface area (Å²) in [5.41, 5.74) is 0.831. The molecule has 2 aromatic rings. The molecule has 3 rings (SSSR count). The van der Waals surface area contributed by atoms with E-state index in [1.165, 1.54) is 6.33 Å². The number of hydrogen-bond donors (Lipinski definition) is 0. The highest BCUT2D eigenvalue weighted by atomic mass is 16.6. The molecule has 0 spiro atoms. The third-order valence-corrected chi connectivity index (χ3v) is 3.34. The summed E-state index contributed by atoms with van der Waals surface area (Å²) in [5, 5.41) is 7.60. The van der Waals surface area contributed by atoms with E-state index in [1.807, 2.05) is 37.9 Å². The van der Waals surface area contributed by atoms with E-state index in [1.54, 1.807) is 15.7 Å². The second-order valence-corrected chi connectivity index (χ2v) is 6.31. The van der Waals surface area contributed by atoms with Gasteiger partial charge in [-0.2, -0.15) is 5.10 Å². The Morgan fingerprint density at radius 3 is 2.74 bits per heavy atom. The predicted molar refractivity (Wildman–Crippen MR) is 84.1 cm³/mol. The van der Waals surface area contributed by atoms with Crippen molar-refractivity contribution in [2.24, 2.45) is 0 Å². The van der Waals surface area contributed by atoms with Crippen LogP contribution in [0.4, 0.5) is 10.5 Å². The molecule has 8 heteroatoms. The summed E-state index contributed by atoms with van der Waals surface area (Å²) in [6.45, 7) is 7.94. The summed E-state index contributed by atoms with van der Waals surface area (Å²) < 4.78 is 12.6. The number of anilines is 1. The molecule has 0 atom stereocenters. The number of fused-ring (bicyclic) bond motifs is 1. The van der Waals surface area contributed by atoms with Gasteiger partial charge in [0.05, 0.1) is 25.1 Å². The molecular formula is C15H21N5O3. The van der Waals surface area contributed by atoms with Gasteiger partial charge in [0.1, 0.15) is 11.9 Å². The first-order chi connectivity index (χ1) is 10.9. The highest BCUT2D eigenvalue weighted by Gasteiger charge is 2.30. The van der Waals surface area contributed by atoms with E-state index in [2.05, 4.69) is 10.1 Å². The molecule has 0 aliphatic carbocycles. The number of ether oxygens (including phenoxy) is 2. The van der Waals surface area contributed by atoms with Crippen LogP contribution in [0.1, 0.15) is 20.8 Å². The SMILES string of the molecule is CC(C)(C)OC(=O)N(c1ccc2ncnn2c1)N1CCOCC1. The lowest BCUT2D eigenvalue weighted by Gasteiger charge is -2.37. The zero-order chi connectivity index (χ0) is 16.4. The maximum Gasteiger partial charge on any atom is 0.429 e. The first-order valence-electron chi connectivity index (χ1n) is 7.59. The van der Waals surface area contributed by atoms with Crippen molar-refractivity contribution < 1.29 is 14.3 Å². The van der Waals surface area contributed by atoms with Crippen molar-refractivity contribution in [1.82, 2.24) is 19.6 Å². The van der Waals surface area contributed by atoms with Crippen LogP contribution in [0, 0.1) is 0 Å². The van der Waals surface area contributed by atoms with E-state index < -0.39 is 11.7 Å². The molecule has 0 radical (unpaired) electrons. The fourth-order valence-electron chi connectivity index (χ4n) is 2.37. The lowest BCUT2D eigenvalue weighted by atomic mass is 10.2. The van der Waals surface area contributed by atoms with Crippen LogP contribution in [0.15, 0.2) is 24.7 Å². The van der Waals surface area contributed by atoms with Crippen molar-refractivity contribution in [3.63, 3.8) is 0 Å². The maximum atomic E-state index is 12.7. The molecule has 0 aromatic carbocycles. The predicted octanol–water partition coefficient (Wildman–Crippen LogP) is 1.72. The molecule has 3 heterocycles. The van der Waals surface area contributed by atoms with E-state index in [0.717, 1.165) is 5.65 Å². The van der Waals surface area contributed by atoms with Crippen molar-refractivity contribution >= 4 is 17.4 Å². The zero-order valence-electron chi connectivity index (χ0n) is 13.6. The minimum Gasteiger partial charge on any atom is -0.442 e. The van der Waals surface area contributed by atoms with Crippen LogP contribution in [0.25, 0.3) is 5.65 Å². The standard InChI is InChI=1S/C15H21N5O3/c1-15(2,3)23-14(21)20(18-6-8-22-9-7-18)12-4-5-13-16-11-17-19(13)10-12/h4-5,10-11H,6-9H2,1-3H3. The van der Waals surface area contributed by atoms with Crippen molar-refractivity contribution in [1.29, 1.82) is 0 Å². The van der Waals surface area contributed by atoms with Crippen LogP contribution in [-0.2, 0) is 9.47 Å². The van der Waals surface area contributed by atoms with Gasteiger partial charge < -0.3 is 9.47 Å². The van der Waals surface area contributed by atoms with Gasteiger partial charge >= 0.3 is 6.09 Å². The second-order valence-electron chi connectivity index (χ2n) is 6.31. The molecule has 1 saturated heterocycles. The molecule has 1 aliphatic heterocycles. The molecular weight excluding hydrogens is 298 g/mol. The number of morpholine rings is 1. The fourth-order valence-corrected chi connectivity index (χ4v) is 2.37. The molecule has 0 N–H and O–H groups in total. The highest BCUT2D eigenvalue weighted by Crippen LogP contribution is 2.21. The summed E-state index contributed by atoms with van der Waals surface area (Å²) >= 11 is 0. The van der Waals surface area contributed by atoms with E-state index in [9.17, 15) is 4.79 Å². The van der Waals surface area contributed by atoms with Crippen LogP contribution in [0.2, 0.25) is 0 Å². The van der Waals surface area contributed by atoms with Gasteiger partial charge in [0.25, 0.3) is 0 Å². The summed E-state index contributed by atoms with van der Waals surface area (Å²) in [5.74, 6) is 0. The van der Waals surface area contributed by atoms with Crippen molar-refractivity contribution in [3.05, 3.63) is 24.7 Å². The number of hydrogen-bond acceptors (Lipinski definition) is 6. The minimum absolute atomic E-state index is 0.418. The number of amides is 1. The van der Waals surface area contributed by atoms with Crippen LogP contribution in [-0.4, -0.2) is 57.6 Å². The van der Waals surface area contributed by atoms with E-state index in [4.69, 9.17) is 9.47 Å². The number of aromatic nitrogens is 3. The Hall–Kier alpha value is -2.19. The van der Waals surface area contributed by atoms with Crippen LogP contribution in [0.3, 0.4) is 0 Å². The average molecular weight is 319 g/mol. The molecule has 23 heavy (non-hydrogen) atoms. The molecule has 8 nitrogen and oxygen atoms in total. The lowest BCUT2D eigenvalue weighted by Crippen LogP contribution is -2.53. The van der Waals surface area contributed by atoms with Gasteiger partial charge in [0.2, 0.25) is 0 Å². The van der Waals surface area contributed by atoms with Crippen LogP contribution in [0.5, 0.6) is 0 Å². The fraction of sp³-hybridized carbons (Fsp3) is 0.533. The minimum atomic E-state index is -0.570. The topological polar surface area (TPSA) is 72.2 Å². The Bertz CT molecular complexity index is 688. The molecule has 2 aromatic heterocycles. The first kappa shape index (κ1) is 15.7. The number of nitrogens with zero attached hydrogens (tertiary/aromatic N) is 5. The Morgan fingerprint density at radius 2 is 2.04 bits per heavy atom.